The van der Waals surface area contributed by atoms with Crippen LogP contribution in [0, 0.1) is 0 Å². The quantitative estimate of drug-likeness (QED) is 0.691. The first-order valence-corrected chi connectivity index (χ1v) is 4.84. The Bertz CT molecular complexity index is 141. The molecule has 0 spiro atoms. The highest BCUT2D eigenvalue weighted by Crippen LogP contribution is 2.08. The smallest absolute Gasteiger partial charge is 0.0219 e. The molecule has 1 rings (SSSR count). The van der Waals surface area contributed by atoms with E-state index in [-0.39, 0.29) is 18.4 Å². The lowest BCUT2D eigenvalue weighted by Crippen LogP contribution is -2.57. The average molecular weight is 208 g/mol. The summed E-state index contributed by atoms with van der Waals surface area (Å²) in [4.78, 5) is 2.46. The van der Waals surface area contributed by atoms with E-state index in [0.717, 1.165) is 19.6 Å². The molecule has 0 bridgehead atoms. The fourth-order valence-corrected chi connectivity index (χ4v) is 1.75. The Labute approximate surface area is 87.5 Å². The Morgan fingerprint density at radius 2 is 2.15 bits per heavy atom. The first-order chi connectivity index (χ1) is 5.61. The third-order valence-corrected chi connectivity index (χ3v) is 2.69. The molecule has 3 unspecified atom stereocenters. The zero-order valence-corrected chi connectivity index (χ0v) is 9.60. The molecule has 0 amide bonds. The highest BCUT2D eigenvalue weighted by molar-refractivity contribution is 5.85. The second kappa shape index (κ2) is 5.81. The summed E-state index contributed by atoms with van der Waals surface area (Å²) in [6.07, 6.45) is 0. The Kier molecular flexibility index (Phi) is 5.88. The predicted octanol–water partition coefficient (Wildman–Crippen LogP) is 0.438. The van der Waals surface area contributed by atoms with Gasteiger partial charge in [0.2, 0.25) is 0 Å². The molecule has 1 saturated heterocycles. The van der Waals surface area contributed by atoms with E-state index in [9.17, 15) is 0 Å². The van der Waals surface area contributed by atoms with E-state index in [0.29, 0.717) is 12.1 Å². The van der Waals surface area contributed by atoms with Gasteiger partial charge in [-0.25, -0.2) is 0 Å². The second-order valence-electron chi connectivity index (χ2n) is 3.96. The maximum absolute atomic E-state index is 5.77. The van der Waals surface area contributed by atoms with Crippen molar-refractivity contribution in [2.75, 3.05) is 19.6 Å². The molecule has 80 valence electrons. The van der Waals surface area contributed by atoms with E-state index >= 15 is 0 Å². The van der Waals surface area contributed by atoms with Crippen molar-refractivity contribution in [3.8, 4) is 0 Å². The van der Waals surface area contributed by atoms with E-state index < -0.39 is 0 Å². The number of hydrogen-bond acceptors (Lipinski definition) is 3. The molecule has 13 heavy (non-hydrogen) atoms. The van der Waals surface area contributed by atoms with Gasteiger partial charge in [-0.3, -0.25) is 4.90 Å². The summed E-state index contributed by atoms with van der Waals surface area (Å²) in [6, 6.07) is 1.50. The average Bonchev–Trinajstić information content (AvgIpc) is 1.98. The maximum atomic E-state index is 5.77. The Morgan fingerprint density at radius 3 is 2.69 bits per heavy atom. The number of piperazine rings is 1. The highest BCUT2D eigenvalue weighted by atomic mass is 35.5. The minimum Gasteiger partial charge on any atom is -0.327 e. The van der Waals surface area contributed by atoms with Gasteiger partial charge in [0.15, 0.2) is 0 Å². The zero-order chi connectivity index (χ0) is 9.14. The third-order valence-electron chi connectivity index (χ3n) is 2.69. The number of halogens is 1. The lowest BCUT2D eigenvalue weighted by atomic mass is 10.1. The molecule has 3 N–H and O–H groups in total. The summed E-state index contributed by atoms with van der Waals surface area (Å²) in [7, 11) is 0. The van der Waals surface area contributed by atoms with Crippen molar-refractivity contribution in [1.82, 2.24) is 10.2 Å². The summed E-state index contributed by atoms with van der Waals surface area (Å²) >= 11 is 0. The van der Waals surface area contributed by atoms with Crippen LogP contribution in [0.3, 0.4) is 0 Å². The fourth-order valence-electron chi connectivity index (χ4n) is 1.75. The second-order valence-corrected chi connectivity index (χ2v) is 3.96. The minimum atomic E-state index is 0. The standard InChI is InChI=1S/C9H21N3.ClH/c1-7(10)6-12-5-4-11-8(2)9(12)3;/h7-9,11H,4-6,10H2,1-3H3;1H. The molecule has 1 aliphatic rings. The Hall–Kier alpha value is 0.170. The topological polar surface area (TPSA) is 41.3 Å². The molecule has 0 aliphatic carbocycles. The van der Waals surface area contributed by atoms with Gasteiger partial charge < -0.3 is 11.1 Å². The number of nitrogens with one attached hydrogen (secondary N) is 1. The molecular formula is C9H22ClN3. The minimum absolute atomic E-state index is 0. The van der Waals surface area contributed by atoms with Crippen molar-refractivity contribution in [3.63, 3.8) is 0 Å². The van der Waals surface area contributed by atoms with E-state index in [2.05, 4.69) is 31.0 Å². The summed E-state index contributed by atoms with van der Waals surface area (Å²) < 4.78 is 0. The van der Waals surface area contributed by atoms with Gasteiger partial charge in [0.25, 0.3) is 0 Å². The first-order valence-electron chi connectivity index (χ1n) is 4.84. The molecule has 0 aromatic carbocycles. The van der Waals surface area contributed by atoms with Gasteiger partial charge >= 0.3 is 0 Å². The number of nitrogens with two attached hydrogens (primary N) is 1. The van der Waals surface area contributed by atoms with Crippen LogP contribution >= 0.6 is 12.4 Å². The number of rotatable bonds is 2. The molecule has 0 aromatic heterocycles. The summed E-state index contributed by atoms with van der Waals surface area (Å²) in [5.41, 5.74) is 5.77. The van der Waals surface area contributed by atoms with Gasteiger partial charge in [0, 0.05) is 37.8 Å². The number of nitrogens with zero attached hydrogens (tertiary/aromatic N) is 1. The first kappa shape index (κ1) is 13.2. The Balaban J connectivity index is 0.00000144. The van der Waals surface area contributed by atoms with Crippen molar-refractivity contribution >= 4 is 12.4 Å². The summed E-state index contributed by atoms with van der Waals surface area (Å²) in [5.74, 6) is 0. The van der Waals surface area contributed by atoms with E-state index in [1.54, 1.807) is 0 Å². The third kappa shape index (κ3) is 3.81. The lowest BCUT2D eigenvalue weighted by molar-refractivity contribution is 0.132. The SMILES string of the molecule is CC(N)CN1CCNC(C)C1C.Cl. The van der Waals surface area contributed by atoms with Crippen LogP contribution in [-0.2, 0) is 0 Å². The van der Waals surface area contributed by atoms with Crippen LogP contribution in [0.4, 0.5) is 0 Å². The molecule has 4 heteroatoms. The largest absolute Gasteiger partial charge is 0.327 e. The van der Waals surface area contributed by atoms with Crippen LogP contribution in [0.15, 0.2) is 0 Å². The monoisotopic (exact) mass is 207 g/mol. The van der Waals surface area contributed by atoms with Gasteiger partial charge in [-0.15, -0.1) is 12.4 Å². The van der Waals surface area contributed by atoms with Crippen LogP contribution in [-0.4, -0.2) is 42.7 Å². The molecule has 0 saturated carbocycles. The Morgan fingerprint density at radius 1 is 1.54 bits per heavy atom. The van der Waals surface area contributed by atoms with Crippen LogP contribution in [0.25, 0.3) is 0 Å². The van der Waals surface area contributed by atoms with Crippen molar-refractivity contribution in [3.05, 3.63) is 0 Å². The van der Waals surface area contributed by atoms with Crippen LogP contribution in [0.2, 0.25) is 0 Å². The molecule has 3 nitrogen and oxygen atoms in total. The van der Waals surface area contributed by atoms with Crippen LogP contribution in [0.1, 0.15) is 20.8 Å². The van der Waals surface area contributed by atoms with Crippen molar-refractivity contribution in [1.29, 1.82) is 0 Å². The molecule has 1 fully saturated rings. The maximum Gasteiger partial charge on any atom is 0.0219 e. The normalized spacial score (nSPS) is 32.3. The molecule has 3 atom stereocenters. The van der Waals surface area contributed by atoms with Gasteiger partial charge in [0.1, 0.15) is 0 Å². The van der Waals surface area contributed by atoms with E-state index in [4.69, 9.17) is 5.73 Å². The molecule has 1 aliphatic heterocycles. The van der Waals surface area contributed by atoms with Crippen LogP contribution < -0.4 is 11.1 Å². The number of hydrogen-bond donors (Lipinski definition) is 2. The molecule has 0 radical (unpaired) electrons. The fraction of sp³-hybridized carbons (Fsp3) is 1.00. The van der Waals surface area contributed by atoms with E-state index in [1.165, 1.54) is 0 Å². The highest BCUT2D eigenvalue weighted by Gasteiger charge is 2.24. The molecule has 1 heterocycles. The van der Waals surface area contributed by atoms with Gasteiger partial charge in [-0.05, 0) is 20.8 Å². The van der Waals surface area contributed by atoms with Crippen molar-refractivity contribution in [2.45, 2.75) is 38.9 Å². The predicted molar refractivity (Wildman–Crippen MR) is 59.4 cm³/mol. The van der Waals surface area contributed by atoms with E-state index in [1.807, 2.05) is 0 Å². The summed E-state index contributed by atoms with van der Waals surface area (Å²) in [5, 5.41) is 3.45. The summed E-state index contributed by atoms with van der Waals surface area (Å²) in [6.45, 7) is 9.81. The van der Waals surface area contributed by atoms with Crippen molar-refractivity contribution in [2.24, 2.45) is 5.73 Å². The lowest BCUT2D eigenvalue weighted by Gasteiger charge is -2.39. The molecule has 0 aromatic rings. The zero-order valence-electron chi connectivity index (χ0n) is 8.79. The van der Waals surface area contributed by atoms with Gasteiger partial charge in [-0.2, -0.15) is 0 Å². The van der Waals surface area contributed by atoms with Gasteiger partial charge in [0.05, 0.1) is 0 Å². The molecular weight excluding hydrogens is 186 g/mol. The van der Waals surface area contributed by atoms with Crippen LogP contribution in [0.5, 0.6) is 0 Å². The van der Waals surface area contributed by atoms with Crippen molar-refractivity contribution < 1.29 is 0 Å². The van der Waals surface area contributed by atoms with Gasteiger partial charge in [-0.1, -0.05) is 0 Å².